The molecule has 0 aromatic carbocycles. The number of hydrogen-bond donors (Lipinski definition) is 1. The standard InChI is InChI=1S/C7H17F3NP/c1-5-7(4)12(8,9,10)11-6(2)3/h6-7,11H,5H2,1-4H3. The molecule has 0 spiro atoms. The van der Waals surface area contributed by atoms with Crippen LogP contribution >= 0.6 is 7.69 Å². The van der Waals surface area contributed by atoms with Gasteiger partial charge in [0.15, 0.2) is 0 Å². The molecule has 0 rings (SSSR count). The number of nitrogens with one attached hydrogen (secondary N) is 1. The quantitative estimate of drug-likeness (QED) is 0.683. The van der Waals surface area contributed by atoms with Crippen LogP contribution in [0.5, 0.6) is 0 Å². The molecule has 0 aliphatic heterocycles. The monoisotopic (exact) mass is 203 g/mol. The molecule has 0 radical (unpaired) electrons. The summed E-state index contributed by atoms with van der Waals surface area (Å²) in [5, 5.41) is 1.78. The predicted octanol–water partition coefficient (Wildman–Crippen LogP) is 3.90. The zero-order valence-electron chi connectivity index (χ0n) is 7.94. The van der Waals surface area contributed by atoms with E-state index >= 15 is 0 Å². The van der Waals surface area contributed by atoms with Crippen molar-refractivity contribution < 1.29 is 12.6 Å². The Labute approximate surface area is 72.1 Å². The number of rotatable bonds is 4. The van der Waals surface area contributed by atoms with Crippen molar-refractivity contribution in [1.82, 2.24) is 5.09 Å². The first-order chi connectivity index (χ1) is 5.17. The van der Waals surface area contributed by atoms with Crippen LogP contribution in [0.25, 0.3) is 0 Å². The fourth-order valence-corrected chi connectivity index (χ4v) is 2.60. The maximum atomic E-state index is 13.1. The molecule has 0 aliphatic rings. The second-order valence-electron chi connectivity index (χ2n) is 3.41. The Balaban J connectivity index is 4.48. The summed E-state index contributed by atoms with van der Waals surface area (Å²) in [5.41, 5.74) is -1.18. The molecule has 12 heavy (non-hydrogen) atoms. The average Bonchev–Trinajstić information content (AvgIpc) is 1.81. The minimum absolute atomic E-state index is 0.154. The zero-order chi connectivity index (χ0) is 10.0. The van der Waals surface area contributed by atoms with Gasteiger partial charge in [-0.25, -0.2) is 0 Å². The summed E-state index contributed by atoms with van der Waals surface area (Å²) >= 11 is 0. The van der Waals surface area contributed by atoms with Gasteiger partial charge in [-0.1, -0.05) is 0 Å². The molecule has 0 aromatic rings. The van der Waals surface area contributed by atoms with Crippen molar-refractivity contribution in [2.24, 2.45) is 0 Å². The van der Waals surface area contributed by atoms with E-state index in [0.29, 0.717) is 0 Å². The van der Waals surface area contributed by atoms with Crippen molar-refractivity contribution in [2.45, 2.75) is 45.8 Å². The zero-order valence-corrected chi connectivity index (χ0v) is 8.84. The molecule has 1 unspecified atom stereocenters. The Morgan fingerprint density at radius 2 is 1.58 bits per heavy atom. The van der Waals surface area contributed by atoms with E-state index < -0.39 is 19.4 Å². The van der Waals surface area contributed by atoms with Gasteiger partial charge in [-0.2, -0.15) is 0 Å². The third-order valence-electron chi connectivity index (χ3n) is 1.79. The minimum atomic E-state index is -6.08. The molecule has 1 nitrogen and oxygen atoms in total. The first-order valence-electron chi connectivity index (χ1n) is 4.12. The van der Waals surface area contributed by atoms with Gasteiger partial charge in [-0.3, -0.25) is 0 Å². The second kappa shape index (κ2) is 3.51. The molecule has 0 amide bonds. The van der Waals surface area contributed by atoms with Crippen LogP contribution in [0.1, 0.15) is 34.1 Å². The maximum absolute atomic E-state index is 13.1. The Bertz CT molecular complexity index is 152. The summed E-state index contributed by atoms with van der Waals surface area (Å²) in [4.78, 5) is 0. The SMILES string of the molecule is CCC(C)P(F)(F)(F)NC(C)C. The van der Waals surface area contributed by atoms with E-state index in [2.05, 4.69) is 0 Å². The normalized spacial score (nSPS) is 18.8. The van der Waals surface area contributed by atoms with E-state index in [9.17, 15) is 12.6 Å². The van der Waals surface area contributed by atoms with Crippen LogP contribution in [0, 0.1) is 0 Å². The topological polar surface area (TPSA) is 12.0 Å². The van der Waals surface area contributed by atoms with E-state index in [1.54, 1.807) is 12.0 Å². The van der Waals surface area contributed by atoms with Crippen molar-refractivity contribution in [2.75, 3.05) is 0 Å². The van der Waals surface area contributed by atoms with E-state index in [1.165, 1.54) is 20.8 Å². The van der Waals surface area contributed by atoms with Crippen molar-refractivity contribution in [3.63, 3.8) is 0 Å². The molecule has 0 bridgehead atoms. The summed E-state index contributed by atoms with van der Waals surface area (Å²) in [6.45, 7) is 5.84. The molecular weight excluding hydrogens is 186 g/mol. The van der Waals surface area contributed by atoms with Crippen LogP contribution in [-0.4, -0.2) is 11.7 Å². The fraction of sp³-hybridized carbons (Fsp3) is 1.00. The molecule has 0 aliphatic carbocycles. The summed E-state index contributed by atoms with van der Waals surface area (Å²) in [5.74, 6) is 0. The van der Waals surface area contributed by atoms with Crippen molar-refractivity contribution >= 4 is 7.69 Å². The molecular formula is C7H17F3NP. The van der Waals surface area contributed by atoms with E-state index in [1.807, 2.05) is 0 Å². The van der Waals surface area contributed by atoms with Gasteiger partial charge in [-0.15, -0.1) is 0 Å². The summed E-state index contributed by atoms with van der Waals surface area (Å²) in [7, 11) is -6.08. The Hall–Kier alpha value is 0.180. The third-order valence-corrected chi connectivity index (χ3v) is 4.55. The van der Waals surface area contributed by atoms with Crippen LogP contribution < -0.4 is 5.09 Å². The van der Waals surface area contributed by atoms with Gasteiger partial charge in [0.1, 0.15) is 0 Å². The Morgan fingerprint density at radius 3 is 1.83 bits per heavy atom. The molecule has 5 heteroatoms. The van der Waals surface area contributed by atoms with Crippen LogP contribution in [0.3, 0.4) is 0 Å². The van der Waals surface area contributed by atoms with Crippen molar-refractivity contribution in [3.8, 4) is 0 Å². The summed E-state index contributed by atoms with van der Waals surface area (Å²) in [6.07, 6.45) is 0.154. The predicted molar refractivity (Wildman–Crippen MR) is 48.3 cm³/mol. The molecule has 0 fully saturated rings. The summed E-state index contributed by atoms with van der Waals surface area (Å²) in [6, 6.07) is -0.517. The van der Waals surface area contributed by atoms with Gasteiger partial charge in [0.05, 0.1) is 0 Å². The first-order valence-corrected chi connectivity index (χ1v) is 6.10. The van der Waals surface area contributed by atoms with Crippen molar-refractivity contribution in [1.29, 1.82) is 0 Å². The van der Waals surface area contributed by atoms with Gasteiger partial charge < -0.3 is 0 Å². The number of hydrogen-bond acceptors (Lipinski definition) is 1. The fourth-order valence-electron chi connectivity index (χ4n) is 0.867. The van der Waals surface area contributed by atoms with E-state index in [0.717, 1.165) is 0 Å². The molecule has 1 N–H and O–H groups in total. The third kappa shape index (κ3) is 3.28. The van der Waals surface area contributed by atoms with Gasteiger partial charge >= 0.3 is 71.2 Å². The van der Waals surface area contributed by atoms with Gasteiger partial charge in [0.2, 0.25) is 0 Å². The second-order valence-corrected chi connectivity index (χ2v) is 6.28. The first kappa shape index (κ1) is 12.2. The van der Waals surface area contributed by atoms with E-state index in [4.69, 9.17) is 0 Å². The van der Waals surface area contributed by atoms with Crippen LogP contribution in [-0.2, 0) is 0 Å². The van der Waals surface area contributed by atoms with Crippen LogP contribution in [0.15, 0.2) is 0 Å². The molecule has 0 heterocycles. The Kier molecular flexibility index (Phi) is 3.56. The van der Waals surface area contributed by atoms with Gasteiger partial charge in [0.25, 0.3) is 0 Å². The molecule has 76 valence electrons. The molecule has 0 aromatic heterocycles. The molecule has 0 saturated heterocycles. The van der Waals surface area contributed by atoms with Gasteiger partial charge in [0, 0.05) is 0 Å². The molecule has 0 saturated carbocycles. The van der Waals surface area contributed by atoms with Crippen LogP contribution in [0.4, 0.5) is 12.6 Å². The molecule has 1 atom stereocenters. The summed E-state index contributed by atoms with van der Waals surface area (Å²) < 4.78 is 39.3. The average molecular weight is 203 g/mol. The Morgan fingerprint density at radius 1 is 1.17 bits per heavy atom. The number of halogens is 3. The van der Waals surface area contributed by atoms with Gasteiger partial charge in [-0.05, 0) is 0 Å². The van der Waals surface area contributed by atoms with Crippen LogP contribution in [0.2, 0.25) is 0 Å². The van der Waals surface area contributed by atoms with E-state index in [-0.39, 0.29) is 6.42 Å². The van der Waals surface area contributed by atoms with Crippen molar-refractivity contribution in [3.05, 3.63) is 0 Å².